The summed E-state index contributed by atoms with van der Waals surface area (Å²) in [5.41, 5.74) is 1.17. The molecule has 0 radical (unpaired) electrons. The van der Waals surface area contributed by atoms with Crippen molar-refractivity contribution < 1.29 is 19.8 Å². The van der Waals surface area contributed by atoms with Gasteiger partial charge in [0.2, 0.25) is 5.91 Å². The van der Waals surface area contributed by atoms with Crippen LogP contribution in [0.4, 0.5) is 0 Å². The largest absolute Gasteiger partial charge is 0.508 e. The third kappa shape index (κ3) is 6.35. The third-order valence-electron chi connectivity index (χ3n) is 3.45. The second-order valence-corrected chi connectivity index (χ2v) is 5.91. The smallest absolute Gasteiger partial charge is 0.251 e. The molecule has 0 saturated heterocycles. The molecule has 2 aromatic rings. The Labute approximate surface area is 150 Å². The van der Waals surface area contributed by atoms with Gasteiger partial charge in [-0.1, -0.05) is 23.7 Å². The van der Waals surface area contributed by atoms with Crippen LogP contribution >= 0.6 is 11.6 Å². The Morgan fingerprint density at radius 3 is 2.16 bits per heavy atom. The number of benzene rings is 2. The minimum atomic E-state index is -0.443. The van der Waals surface area contributed by atoms with Gasteiger partial charge in [-0.25, -0.2) is 0 Å². The molecule has 132 valence electrons. The van der Waals surface area contributed by atoms with E-state index >= 15 is 0 Å². The lowest BCUT2D eigenvalue weighted by molar-refractivity contribution is -0.121. The maximum atomic E-state index is 11.9. The first kappa shape index (κ1) is 18.6. The van der Waals surface area contributed by atoms with Crippen LogP contribution in [-0.4, -0.2) is 35.1 Å². The molecule has 0 atom stereocenters. The number of phenolic OH excluding ortho intramolecular Hbond substituents is 2. The topological polar surface area (TPSA) is 98.7 Å². The van der Waals surface area contributed by atoms with E-state index in [2.05, 4.69) is 10.6 Å². The van der Waals surface area contributed by atoms with Crippen molar-refractivity contribution in [2.24, 2.45) is 0 Å². The molecule has 4 N–H and O–H groups in total. The minimum absolute atomic E-state index is 0.112. The fourth-order valence-corrected chi connectivity index (χ4v) is 2.33. The average Bonchev–Trinajstić information content (AvgIpc) is 2.57. The summed E-state index contributed by atoms with van der Waals surface area (Å²) in [5.74, 6) is -0.942. The van der Waals surface area contributed by atoms with E-state index in [1.165, 1.54) is 12.1 Å². The number of halogens is 1. The predicted molar refractivity (Wildman–Crippen MR) is 94.9 cm³/mol. The average molecular weight is 363 g/mol. The van der Waals surface area contributed by atoms with Crippen molar-refractivity contribution in [1.82, 2.24) is 10.6 Å². The summed E-state index contributed by atoms with van der Waals surface area (Å²) in [6.45, 7) is 0.526. The van der Waals surface area contributed by atoms with Gasteiger partial charge in [0.05, 0.1) is 0 Å². The zero-order valence-corrected chi connectivity index (χ0v) is 14.2. The van der Waals surface area contributed by atoms with Crippen LogP contribution in [0.15, 0.2) is 42.5 Å². The number of aromatic hydroxyl groups is 2. The van der Waals surface area contributed by atoms with Gasteiger partial charge < -0.3 is 20.8 Å². The zero-order valence-electron chi connectivity index (χ0n) is 13.5. The normalized spacial score (nSPS) is 10.3. The van der Waals surface area contributed by atoms with Crippen molar-refractivity contribution in [2.75, 3.05) is 13.1 Å². The Hall–Kier alpha value is -2.73. The molecule has 2 rings (SSSR count). The number of nitrogens with one attached hydrogen (secondary N) is 2. The summed E-state index contributed by atoms with van der Waals surface area (Å²) in [6, 6.07) is 10.9. The van der Waals surface area contributed by atoms with Crippen LogP contribution in [0.5, 0.6) is 11.5 Å². The van der Waals surface area contributed by atoms with Gasteiger partial charge >= 0.3 is 0 Å². The molecular weight excluding hydrogens is 344 g/mol. The maximum Gasteiger partial charge on any atom is 0.251 e. The van der Waals surface area contributed by atoms with Crippen molar-refractivity contribution in [3.05, 3.63) is 58.6 Å². The van der Waals surface area contributed by atoms with Crippen molar-refractivity contribution in [2.45, 2.75) is 12.8 Å². The summed E-state index contributed by atoms with van der Waals surface area (Å²) in [5, 5.41) is 24.7. The van der Waals surface area contributed by atoms with Gasteiger partial charge in [-0.2, -0.15) is 0 Å². The number of aryl methyl sites for hydroxylation is 1. The fraction of sp³-hybridized carbons (Fsp3) is 0.222. The molecule has 0 aliphatic carbocycles. The Balaban J connectivity index is 1.67. The molecular formula is C18H19ClN2O4. The molecule has 25 heavy (non-hydrogen) atoms. The van der Waals surface area contributed by atoms with Crippen LogP contribution in [0, 0.1) is 0 Å². The van der Waals surface area contributed by atoms with Crippen LogP contribution in [0.3, 0.4) is 0 Å². The monoisotopic (exact) mass is 362 g/mol. The molecule has 0 aliphatic heterocycles. The molecule has 0 heterocycles. The fourth-order valence-electron chi connectivity index (χ4n) is 2.20. The van der Waals surface area contributed by atoms with Gasteiger partial charge in [0.1, 0.15) is 11.5 Å². The molecule has 0 fully saturated rings. The van der Waals surface area contributed by atoms with Crippen LogP contribution in [-0.2, 0) is 11.2 Å². The number of carbonyl (C=O) groups excluding carboxylic acids is 2. The standard InChI is InChI=1S/C18H19ClN2O4/c19-14-4-1-12(2-5-14)3-6-17(24)20-7-8-21-18(25)13-9-15(22)11-16(23)10-13/h1-2,4-5,9-11,22-23H,3,6-8H2,(H,20,24)(H,21,25). The SMILES string of the molecule is O=C(CCc1ccc(Cl)cc1)NCCNC(=O)c1cc(O)cc(O)c1. The molecule has 7 heteroatoms. The number of carbonyl (C=O) groups is 2. The Morgan fingerprint density at radius 1 is 0.920 bits per heavy atom. The molecule has 2 amide bonds. The van der Waals surface area contributed by atoms with Crippen LogP contribution < -0.4 is 10.6 Å². The van der Waals surface area contributed by atoms with E-state index in [0.29, 0.717) is 17.9 Å². The van der Waals surface area contributed by atoms with E-state index in [1.54, 1.807) is 12.1 Å². The van der Waals surface area contributed by atoms with Gasteiger partial charge in [0.25, 0.3) is 5.91 Å². The van der Waals surface area contributed by atoms with E-state index in [1.807, 2.05) is 12.1 Å². The summed E-state index contributed by atoms with van der Waals surface area (Å²) < 4.78 is 0. The van der Waals surface area contributed by atoms with E-state index in [-0.39, 0.29) is 36.1 Å². The van der Waals surface area contributed by atoms with Crippen molar-refractivity contribution in [1.29, 1.82) is 0 Å². The van der Waals surface area contributed by atoms with E-state index in [4.69, 9.17) is 11.6 Å². The molecule has 2 aromatic carbocycles. The predicted octanol–water partition coefficient (Wildman–Crippen LogP) is 2.23. The second kappa shape index (κ2) is 8.94. The lowest BCUT2D eigenvalue weighted by Gasteiger charge is -2.08. The second-order valence-electron chi connectivity index (χ2n) is 5.47. The highest BCUT2D eigenvalue weighted by atomic mass is 35.5. The highest BCUT2D eigenvalue weighted by Gasteiger charge is 2.08. The molecule has 0 saturated carbocycles. The third-order valence-corrected chi connectivity index (χ3v) is 3.70. The number of phenols is 2. The molecule has 0 aromatic heterocycles. The Kier molecular flexibility index (Phi) is 6.65. The number of rotatable bonds is 7. The first-order chi connectivity index (χ1) is 11.9. The first-order valence-corrected chi connectivity index (χ1v) is 8.14. The molecule has 0 spiro atoms. The van der Waals surface area contributed by atoms with E-state index < -0.39 is 5.91 Å². The summed E-state index contributed by atoms with van der Waals surface area (Å²) in [7, 11) is 0. The number of amides is 2. The van der Waals surface area contributed by atoms with Crippen molar-refractivity contribution in [3.63, 3.8) is 0 Å². The van der Waals surface area contributed by atoms with Gasteiger partial charge in [0, 0.05) is 36.2 Å². The molecule has 0 unspecified atom stereocenters. The van der Waals surface area contributed by atoms with Crippen LogP contribution in [0.2, 0.25) is 5.02 Å². The maximum absolute atomic E-state index is 11.9. The number of hydrogen-bond donors (Lipinski definition) is 4. The van der Waals surface area contributed by atoms with Gasteiger partial charge in [-0.05, 0) is 36.2 Å². The zero-order chi connectivity index (χ0) is 18.2. The van der Waals surface area contributed by atoms with Gasteiger partial charge in [-0.15, -0.1) is 0 Å². The minimum Gasteiger partial charge on any atom is -0.508 e. The van der Waals surface area contributed by atoms with Crippen LogP contribution in [0.25, 0.3) is 0 Å². The quantitative estimate of drug-likeness (QED) is 0.568. The first-order valence-electron chi connectivity index (χ1n) is 7.76. The lowest BCUT2D eigenvalue weighted by Crippen LogP contribution is -2.34. The molecule has 0 aliphatic rings. The highest BCUT2D eigenvalue weighted by molar-refractivity contribution is 6.30. The van der Waals surface area contributed by atoms with Gasteiger partial charge in [-0.3, -0.25) is 9.59 Å². The Bertz CT molecular complexity index is 727. The van der Waals surface area contributed by atoms with Crippen molar-refractivity contribution >= 4 is 23.4 Å². The summed E-state index contributed by atoms with van der Waals surface area (Å²) in [6.07, 6.45) is 0.952. The van der Waals surface area contributed by atoms with E-state index in [9.17, 15) is 19.8 Å². The summed E-state index contributed by atoms with van der Waals surface area (Å²) in [4.78, 5) is 23.6. The van der Waals surface area contributed by atoms with E-state index in [0.717, 1.165) is 11.6 Å². The Morgan fingerprint density at radius 2 is 1.52 bits per heavy atom. The molecule has 0 bridgehead atoms. The lowest BCUT2D eigenvalue weighted by atomic mass is 10.1. The number of hydrogen-bond acceptors (Lipinski definition) is 4. The highest BCUT2D eigenvalue weighted by Crippen LogP contribution is 2.20. The summed E-state index contributed by atoms with van der Waals surface area (Å²) >= 11 is 5.80. The van der Waals surface area contributed by atoms with Gasteiger partial charge in [0.15, 0.2) is 0 Å². The van der Waals surface area contributed by atoms with Crippen LogP contribution in [0.1, 0.15) is 22.3 Å². The molecule has 6 nitrogen and oxygen atoms in total. The van der Waals surface area contributed by atoms with Crippen molar-refractivity contribution in [3.8, 4) is 11.5 Å².